The van der Waals surface area contributed by atoms with Crippen molar-refractivity contribution in [2.24, 2.45) is 5.92 Å². The first-order valence-electron chi connectivity index (χ1n) is 6.63. The average molecular weight is 222 g/mol. The number of fused-ring (bicyclic) bond motifs is 1. The van der Waals surface area contributed by atoms with Crippen molar-refractivity contribution >= 4 is 0 Å². The maximum absolute atomic E-state index is 5.71. The molecule has 0 saturated carbocycles. The number of allylic oxidation sites excluding steroid dienone is 4. The Morgan fingerprint density at radius 1 is 1.12 bits per heavy atom. The predicted octanol–water partition coefficient (Wildman–Crippen LogP) is 3.79. The van der Waals surface area contributed by atoms with Crippen LogP contribution < -0.4 is 0 Å². The van der Waals surface area contributed by atoms with Crippen molar-refractivity contribution in [2.45, 2.75) is 46.0 Å². The molecule has 0 aromatic carbocycles. The summed E-state index contributed by atoms with van der Waals surface area (Å²) in [7, 11) is 0. The van der Waals surface area contributed by atoms with Crippen LogP contribution in [0.2, 0.25) is 0 Å². The molecule has 1 unspecified atom stereocenters. The van der Waals surface area contributed by atoms with Crippen LogP contribution in [-0.4, -0.2) is 13.2 Å². The summed E-state index contributed by atoms with van der Waals surface area (Å²) in [4.78, 5) is 0. The van der Waals surface area contributed by atoms with Gasteiger partial charge in [0.2, 0.25) is 0 Å². The standard InChI is InChI=1S/C12H16O2.C2H6/c1-3-9-7-12-10(4-2-6-14-12)8-11(9)13-5-1;1-2/h7,10H,1-6,8H2;1-2H3. The van der Waals surface area contributed by atoms with E-state index in [0.717, 1.165) is 26.1 Å². The summed E-state index contributed by atoms with van der Waals surface area (Å²) in [6.45, 7) is 5.82. The van der Waals surface area contributed by atoms with Crippen LogP contribution in [0.1, 0.15) is 46.0 Å². The zero-order chi connectivity index (χ0) is 11.4. The summed E-state index contributed by atoms with van der Waals surface area (Å²) >= 11 is 0. The molecular weight excluding hydrogens is 200 g/mol. The van der Waals surface area contributed by atoms with Gasteiger partial charge in [-0.05, 0) is 37.3 Å². The van der Waals surface area contributed by atoms with Crippen LogP contribution in [0.15, 0.2) is 23.2 Å². The molecule has 0 bridgehead atoms. The molecule has 1 atom stereocenters. The van der Waals surface area contributed by atoms with Gasteiger partial charge >= 0.3 is 0 Å². The lowest BCUT2D eigenvalue weighted by Crippen LogP contribution is -2.22. The molecule has 2 heteroatoms. The Kier molecular flexibility index (Phi) is 3.92. The van der Waals surface area contributed by atoms with Crippen molar-refractivity contribution in [3.05, 3.63) is 23.2 Å². The molecule has 1 fully saturated rings. The summed E-state index contributed by atoms with van der Waals surface area (Å²) in [6, 6.07) is 0. The molecule has 3 rings (SSSR count). The van der Waals surface area contributed by atoms with E-state index in [-0.39, 0.29) is 0 Å². The summed E-state index contributed by atoms with van der Waals surface area (Å²) in [6.07, 6.45) is 8.13. The highest BCUT2D eigenvalue weighted by Gasteiger charge is 2.28. The van der Waals surface area contributed by atoms with Crippen molar-refractivity contribution < 1.29 is 9.47 Å². The van der Waals surface area contributed by atoms with Gasteiger partial charge < -0.3 is 9.47 Å². The average Bonchev–Trinajstić information content (AvgIpc) is 2.38. The molecule has 0 radical (unpaired) electrons. The highest BCUT2D eigenvalue weighted by molar-refractivity contribution is 5.32. The monoisotopic (exact) mass is 222 g/mol. The van der Waals surface area contributed by atoms with Gasteiger partial charge in [-0.1, -0.05) is 13.8 Å². The number of rotatable bonds is 0. The summed E-state index contributed by atoms with van der Waals surface area (Å²) in [5.41, 5.74) is 1.39. The minimum Gasteiger partial charge on any atom is -0.498 e. The summed E-state index contributed by atoms with van der Waals surface area (Å²) in [5.74, 6) is 3.08. The van der Waals surface area contributed by atoms with E-state index in [9.17, 15) is 0 Å². The van der Waals surface area contributed by atoms with E-state index in [2.05, 4.69) is 6.08 Å². The van der Waals surface area contributed by atoms with E-state index in [1.165, 1.54) is 36.4 Å². The lowest BCUT2D eigenvalue weighted by Gasteiger charge is -2.33. The molecule has 0 aromatic rings. The molecule has 0 N–H and O–H groups in total. The molecule has 3 aliphatic rings. The van der Waals surface area contributed by atoms with Crippen LogP contribution in [0.3, 0.4) is 0 Å². The normalized spacial score (nSPS) is 27.4. The zero-order valence-corrected chi connectivity index (χ0v) is 10.4. The second kappa shape index (κ2) is 5.42. The van der Waals surface area contributed by atoms with Gasteiger partial charge in [-0.25, -0.2) is 0 Å². The lowest BCUT2D eigenvalue weighted by atomic mass is 9.86. The highest BCUT2D eigenvalue weighted by Crippen LogP contribution is 2.38. The van der Waals surface area contributed by atoms with Crippen LogP contribution in [0.4, 0.5) is 0 Å². The third kappa shape index (κ3) is 2.26. The van der Waals surface area contributed by atoms with Gasteiger partial charge in [-0.15, -0.1) is 0 Å². The van der Waals surface area contributed by atoms with Crippen molar-refractivity contribution in [1.29, 1.82) is 0 Å². The van der Waals surface area contributed by atoms with E-state index >= 15 is 0 Å². The smallest absolute Gasteiger partial charge is 0.1000 e. The van der Waals surface area contributed by atoms with Crippen molar-refractivity contribution in [2.75, 3.05) is 13.2 Å². The maximum atomic E-state index is 5.71. The molecule has 90 valence electrons. The fourth-order valence-electron chi connectivity index (χ4n) is 2.57. The SMILES string of the molecule is C1=C2OCCCC2CC2=C1CCCO2.CC. The lowest BCUT2D eigenvalue weighted by molar-refractivity contribution is 0.102. The minimum atomic E-state index is 0.612. The van der Waals surface area contributed by atoms with Crippen LogP contribution in [-0.2, 0) is 9.47 Å². The number of hydrogen-bond acceptors (Lipinski definition) is 2. The van der Waals surface area contributed by atoms with Gasteiger partial charge in [0, 0.05) is 12.3 Å². The molecule has 2 nitrogen and oxygen atoms in total. The highest BCUT2D eigenvalue weighted by atomic mass is 16.5. The number of hydrogen-bond donors (Lipinski definition) is 0. The molecule has 0 aromatic heterocycles. The van der Waals surface area contributed by atoms with Crippen molar-refractivity contribution in [3.63, 3.8) is 0 Å². The molecule has 1 aliphatic carbocycles. The molecule has 2 aliphatic heterocycles. The second-order valence-electron chi connectivity index (χ2n) is 4.34. The fourth-order valence-corrected chi connectivity index (χ4v) is 2.57. The quantitative estimate of drug-likeness (QED) is 0.621. The van der Waals surface area contributed by atoms with Gasteiger partial charge in [0.05, 0.1) is 24.7 Å². The Morgan fingerprint density at radius 3 is 2.81 bits per heavy atom. The van der Waals surface area contributed by atoms with E-state index in [1.807, 2.05) is 13.8 Å². The van der Waals surface area contributed by atoms with Gasteiger partial charge in [0.25, 0.3) is 0 Å². The van der Waals surface area contributed by atoms with E-state index in [1.54, 1.807) is 0 Å². The maximum Gasteiger partial charge on any atom is 0.1000 e. The fraction of sp³-hybridized carbons (Fsp3) is 0.714. The predicted molar refractivity (Wildman–Crippen MR) is 64.9 cm³/mol. The molecule has 1 saturated heterocycles. The second-order valence-corrected chi connectivity index (χ2v) is 4.34. The topological polar surface area (TPSA) is 18.5 Å². The van der Waals surface area contributed by atoms with Gasteiger partial charge in [0.15, 0.2) is 0 Å². The Hall–Kier alpha value is -0.920. The van der Waals surface area contributed by atoms with Crippen molar-refractivity contribution in [3.8, 4) is 0 Å². The Morgan fingerprint density at radius 2 is 1.94 bits per heavy atom. The third-order valence-corrected chi connectivity index (χ3v) is 3.34. The molecule has 16 heavy (non-hydrogen) atoms. The molecule has 2 heterocycles. The first-order chi connectivity index (χ1) is 7.93. The van der Waals surface area contributed by atoms with Crippen molar-refractivity contribution in [1.82, 2.24) is 0 Å². The van der Waals surface area contributed by atoms with Crippen LogP contribution in [0, 0.1) is 5.92 Å². The van der Waals surface area contributed by atoms with E-state index in [0.29, 0.717) is 5.92 Å². The van der Waals surface area contributed by atoms with E-state index in [4.69, 9.17) is 9.47 Å². The summed E-state index contributed by atoms with van der Waals surface area (Å²) < 4.78 is 11.4. The minimum absolute atomic E-state index is 0.612. The first kappa shape index (κ1) is 11.6. The van der Waals surface area contributed by atoms with Crippen LogP contribution in [0.25, 0.3) is 0 Å². The van der Waals surface area contributed by atoms with E-state index < -0.39 is 0 Å². The van der Waals surface area contributed by atoms with Gasteiger partial charge in [-0.3, -0.25) is 0 Å². The zero-order valence-electron chi connectivity index (χ0n) is 10.4. The Labute approximate surface area is 98.3 Å². The molecular formula is C14H22O2. The Balaban J connectivity index is 0.000000457. The molecule has 0 spiro atoms. The third-order valence-electron chi connectivity index (χ3n) is 3.34. The largest absolute Gasteiger partial charge is 0.498 e. The van der Waals surface area contributed by atoms with Crippen LogP contribution >= 0.6 is 0 Å². The van der Waals surface area contributed by atoms with Gasteiger partial charge in [-0.2, -0.15) is 0 Å². The van der Waals surface area contributed by atoms with Gasteiger partial charge in [0.1, 0.15) is 0 Å². The van der Waals surface area contributed by atoms with Crippen LogP contribution in [0.5, 0.6) is 0 Å². The first-order valence-corrected chi connectivity index (χ1v) is 6.63. The molecule has 0 amide bonds. The Bertz CT molecular complexity index is 302. The summed E-state index contributed by atoms with van der Waals surface area (Å²) in [5, 5.41) is 0. The number of ether oxygens (including phenoxy) is 2.